The quantitative estimate of drug-likeness (QED) is 0.801. The molecule has 0 aromatic carbocycles. The van der Waals surface area contributed by atoms with Gasteiger partial charge in [0.1, 0.15) is 5.82 Å². The molecule has 0 spiro atoms. The number of halogens is 1. The molecule has 4 nitrogen and oxygen atoms in total. The predicted octanol–water partition coefficient (Wildman–Crippen LogP) is 3.54. The van der Waals surface area contributed by atoms with Crippen LogP contribution in [0.2, 0.25) is 5.15 Å². The van der Waals surface area contributed by atoms with Gasteiger partial charge in [-0.1, -0.05) is 39.3 Å². The van der Waals surface area contributed by atoms with Gasteiger partial charge in [-0.3, -0.25) is 4.40 Å². The first-order valence-electron chi connectivity index (χ1n) is 6.57. The van der Waals surface area contributed by atoms with Crippen LogP contribution in [0.15, 0.2) is 0 Å². The van der Waals surface area contributed by atoms with Gasteiger partial charge in [-0.25, -0.2) is 4.98 Å². The maximum absolute atomic E-state index is 6.18. The molecule has 19 heavy (non-hydrogen) atoms. The van der Waals surface area contributed by atoms with Crippen LogP contribution in [0, 0.1) is 24.7 Å². The standard InChI is InChI=1S/C14H19ClN4/c1-7-8(2)19-11(9-13(3,4)14(9,5)6)17-18-12(19)10(15)16-7/h9H,1-6H3. The molecular formula is C14H19ClN4. The minimum absolute atomic E-state index is 0.228. The van der Waals surface area contributed by atoms with Gasteiger partial charge in [0.25, 0.3) is 0 Å². The lowest BCUT2D eigenvalue weighted by Crippen LogP contribution is -2.04. The summed E-state index contributed by atoms with van der Waals surface area (Å²) in [7, 11) is 0. The Bertz CT molecular complexity index is 670. The van der Waals surface area contributed by atoms with Gasteiger partial charge in [0.2, 0.25) is 0 Å². The number of hydrogen-bond acceptors (Lipinski definition) is 3. The first kappa shape index (κ1) is 12.9. The van der Waals surface area contributed by atoms with E-state index >= 15 is 0 Å². The van der Waals surface area contributed by atoms with E-state index in [1.165, 1.54) is 0 Å². The van der Waals surface area contributed by atoms with Crippen molar-refractivity contribution >= 4 is 17.2 Å². The van der Waals surface area contributed by atoms with Crippen molar-refractivity contribution in [2.45, 2.75) is 47.5 Å². The molecular weight excluding hydrogens is 260 g/mol. The molecule has 102 valence electrons. The lowest BCUT2D eigenvalue weighted by Gasteiger charge is -2.08. The highest BCUT2D eigenvalue weighted by atomic mass is 35.5. The molecule has 1 fully saturated rings. The number of aromatic nitrogens is 4. The Hall–Kier alpha value is -1.16. The summed E-state index contributed by atoms with van der Waals surface area (Å²) in [5, 5.41) is 9.06. The molecule has 0 amide bonds. The van der Waals surface area contributed by atoms with Crippen LogP contribution in [0.5, 0.6) is 0 Å². The lowest BCUT2D eigenvalue weighted by molar-refractivity contribution is 0.457. The Morgan fingerprint density at radius 2 is 1.63 bits per heavy atom. The summed E-state index contributed by atoms with van der Waals surface area (Å²) in [4.78, 5) is 4.31. The van der Waals surface area contributed by atoms with Crippen LogP contribution < -0.4 is 0 Å². The summed E-state index contributed by atoms with van der Waals surface area (Å²) in [6.07, 6.45) is 0. The summed E-state index contributed by atoms with van der Waals surface area (Å²) in [5.41, 5.74) is 3.11. The number of aryl methyl sites for hydroxylation is 2. The van der Waals surface area contributed by atoms with Crippen molar-refractivity contribution in [3.05, 3.63) is 22.4 Å². The Kier molecular flexibility index (Phi) is 2.35. The zero-order chi connectivity index (χ0) is 14.2. The van der Waals surface area contributed by atoms with Gasteiger partial charge in [0.15, 0.2) is 10.8 Å². The van der Waals surface area contributed by atoms with Crippen LogP contribution in [0.25, 0.3) is 5.65 Å². The summed E-state index contributed by atoms with van der Waals surface area (Å²) in [6, 6.07) is 0. The average molecular weight is 279 g/mol. The SMILES string of the molecule is Cc1nc(Cl)c2nnc(C3C(C)(C)C3(C)C)n2c1C. The second-order valence-corrected chi connectivity index (χ2v) is 7.03. The minimum atomic E-state index is 0.228. The van der Waals surface area contributed by atoms with E-state index in [1.807, 2.05) is 13.8 Å². The van der Waals surface area contributed by atoms with Crippen LogP contribution in [0.3, 0.4) is 0 Å². The highest BCUT2D eigenvalue weighted by Crippen LogP contribution is 2.73. The van der Waals surface area contributed by atoms with Crippen LogP contribution in [0.1, 0.15) is 50.8 Å². The fourth-order valence-electron chi connectivity index (χ4n) is 3.23. The molecule has 1 saturated carbocycles. The smallest absolute Gasteiger partial charge is 0.198 e. The summed E-state index contributed by atoms with van der Waals surface area (Å²) >= 11 is 6.18. The monoisotopic (exact) mass is 278 g/mol. The summed E-state index contributed by atoms with van der Waals surface area (Å²) < 4.78 is 2.08. The third-order valence-electron chi connectivity index (χ3n) is 5.28. The maximum Gasteiger partial charge on any atom is 0.198 e. The fourth-order valence-corrected chi connectivity index (χ4v) is 3.48. The van der Waals surface area contributed by atoms with E-state index < -0.39 is 0 Å². The van der Waals surface area contributed by atoms with Gasteiger partial charge in [-0.2, -0.15) is 0 Å². The molecule has 0 unspecified atom stereocenters. The predicted molar refractivity (Wildman–Crippen MR) is 75.6 cm³/mol. The molecule has 0 radical (unpaired) electrons. The van der Waals surface area contributed by atoms with Crippen molar-refractivity contribution in [3.63, 3.8) is 0 Å². The van der Waals surface area contributed by atoms with Crippen molar-refractivity contribution in [1.82, 2.24) is 19.6 Å². The number of rotatable bonds is 1. The molecule has 0 saturated heterocycles. The average Bonchev–Trinajstić information content (AvgIpc) is 2.66. The molecule has 2 heterocycles. The van der Waals surface area contributed by atoms with E-state index in [0.29, 0.717) is 16.7 Å². The van der Waals surface area contributed by atoms with Gasteiger partial charge in [0.05, 0.1) is 5.69 Å². The topological polar surface area (TPSA) is 43.1 Å². The fraction of sp³-hybridized carbons (Fsp3) is 0.643. The Morgan fingerprint density at radius 3 is 2.16 bits per heavy atom. The van der Waals surface area contributed by atoms with Crippen LogP contribution in [-0.2, 0) is 0 Å². The van der Waals surface area contributed by atoms with E-state index in [-0.39, 0.29) is 10.8 Å². The normalized spacial score (nSPS) is 21.0. The van der Waals surface area contributed by atoms with Gasteiger partial charge in [-0.05, 0) is 24.7 Å². The van der Waals surface area contributed by atoms with E-state index in [9.17, 15) is 0 Å². The Balaban J connectivity index is 2.29. The number of fused-ring (bicyclic) bond motifs is 1. The number of hydrogen-bond donors (Lipinski definition) is 0. The zero-order valence-electron chi connectivity index (χ0n) is 12.2. The minimum Gasteiger partial charge on any atom is -0.279 e. The second-order valence-electron chi connectivity index (χ2n) is 6.67. The molecule has 3 rings (SSSR count). The molecule has 0 bridgehead atoms. The summed E-state index contributed by atoms with van der Waals surface area (Å²) in [6.45, 7) is 13.1. The van der Waals surface area contributed by atoms with E-state index in [2.05, 4.69) is 47.3 Å². The molecule has 2 aromatic rings. The van der Waals surface area contributed by atoms with E-state index in [1.54, 1.807) is 0 Å². The van der Waals surface area contributed by atoms with Crippen LogP contribution in [0.4, 0.5) is 0 Å². The van der Waals surface area contributed by atoms with Crippen molar-refractivity contribution in [2.75, 3.05) is 0 Å². The molecule has 1 aliphatic rings. The van der Waals surface area contributed by atoms with Crippen LogP contribution in [-0.4, -0.2) is 19.6 Å². The highest BCUT2D eigenvalue weighted by molar-refractivity contribution is 6.32. The first-order chi connectivity index (χ1) is 8.69. The summed E-state index contributed by atoms with van der Waals surface area (Å²) in [5.74, 6) is 1.40. The first-order valence-corrected chi connectivity index (χ1v) is 6.95. The van der Waals surface area contributed by atoms with Crippen molar-refractivity contribution in [2.24, 2.45) is 10.8 Å². The molecule has 5 heteroatoms. The van der Waals surface area contributed by atoms with E-state index in [4.69, 9.17) is 11.6 Å². The van der Waals surface area contributed by atoms with Crippen LogP contribution >= 0.6 is 11.6 Å². The second kappa shape index (κ2) is 3.48. The highest BCUT2D eigenvalue weighted by Gasteiger charge is 2.67. The zero-order valence-corrected chi connectivity index (χ0v) is 13.0. The Morgan fingerprint density at radius 1 is 1.05 bits per heavy atom. The number of nitrogens with zero attached hydrogens (tertiary/aromatic N) is 4. The Labute approximate surface area is 118 Å². The van der Waals surface area contributed by atoms with Gasteiger partial charge >= 0.3 is 0 Å². The molecule has 0 aliphatic heterocycles. The molecule has 2 aromatic heterocycles. The van der Waals surface area contributed by atoms with Gasteiger partial charge in [-0.15, -0.1) is 10.2 Å². The molecule has 1 aliphatic carbocycles. The van der Waals surface area contributed by atoms with Crippen molar-refractivity contribution in [1.29, 1.82) is 0 Å². The van der Waals surface area contributed by atoms with Gasteiger partial charge < -0.3 is 0 Å². The third kappa shape index (κ3) is 1.43. The van der Waals surface area contributed by atoms with E-state index in [0.717, 1.165) is 17.2 Å². The maximum atomic E-state index is 6.18. The van der Waals surface area contributed by atoms with Crippen molar-refractivity contribution < 1.29 is 0 Å². The molecule has 0 N–H and O–H groups in total. The largest absolute Gasteiger partial charge is 0.279 e. The lowest BCUT2D eigenvalue weighted by atomic mass is 10.0. The molecule has 0 atom stereocenters. The third-order valence-corrected chi connectivity index (χ3v) is 5.53. The van der Waals surface area contributed by atoms with Crippen molar-refractivity contribution in [3.8, 4) is 0 Å². The van der Waals surface area contributed by atoms with Gasteiger partial charge in [0, 0.05) is 11.6 Å².